The molecule has 6 heteroatoms. The van der Waals surface area contributed by atoms with Crippen molar-refractivity contribution in [3.8, 4) is 0 Å². The van der Waals surface area contributed by atoms with Crippen LogP contribution in [0.5, 0.6) is 0 Å². The Hall–Kier alpha value is -0.550. The van der Waals surface area contributed by atoms with Crippen LogP contribution < -0.4 is 5.32 Å². The van der Waals surface area contributed by atoms with Crippen LogP contribution in [0.4, 0.5) is 0 Å². The fourth-order valence-electron chi connectivity index (χ4n) is 1.32. The molecular weight excluding hydrogens is 238 g/mol. The molecule has 86 valence electrons. The maximum Gasteiger partial charge on any atom is 0.220 e. The number of hydrogen-bond donors (Lipinski definition) is 1. The number of sulfone groups is 1. The highest BCUT2D eigenvalue weighted by molar-refractivity contribution is 7.94. The van der Waals surface area contributed by atoms with Crippen molar-refractivity contribution in [2.75, 3.05) is 11.6 Å². The number of amides is 1. The van der Waals surface area contributed by atoms with E-state index < -0.39 is 9.84 Å². The normalized spacial score (nSPS) is 22.9. The third-order valence-electron chi connectivity index (χ3n) is 2.06. The zero-order valence-corrected chi connectivity index (χ0v) is 9.85. The average molecular weight is 252 g/mol. The Morgan fingerprint density at radius 3 is 2.73 bits per heavy atom. The van der Waals surface area contributed by atoms with Gasteiger partial charge in [0.2, 0.25) is 5.91 Å². The van der Waals surface area contributed by atoms with E-state index in [0.717, 1.165) is 18.2 Å². The summed E-state index contributed by atoms with van der Waals surface area (Å²) < 4.78 is 22.1. The molecule has 1 aliphatic rings. The number of rotatable bonds is 5. The van der Waals surface area contributed by atoms with Crippen LogP contribution in [0, 0.1) is 0 Å². The highest BCUT2D eigenvalue weighted by Gasteiger charge is 2.22. The molecule has 0 aromatic heterocycles. The lowest BCUT2D eigenvalue weighted by atomic mass is 10.2. The van der Waals surface area contributed by atoms with Crippen LogP contribution in [-0.4, -0.2) is 32.0 Å². The van der Waals surface area contributed by atoms with Crippen molar-refractivity contribution in [2.24, 2.45) is 0 Å². The molecule has 0 bridgehead atoms. The molecule has 1 N–H and O–H groups in total. The average Bonchev–Trinajstić information content (AvgIpc) is 2.46. The van der Waals surface area contributed by atoms with Gasteiger partial charge >= 0.3 is 0 Å². The molecule has 15 heavy (non-hydrogen) atoms. The van der Waals surface area contributed by atoms with E-state index in [1.807, 2.05) is 0 Å². The molecule has 1 rings (SSSR count). The molecule has 0 spiro atoms. The van der Waals surface area contributed by atoms with Crippen LogP contribution in [0.1, 0.15) is 19.3 Å². The topological polar surface area (TPSA) is 63.2 Å². The number of carbonyl (C=O) groups excluding carboxylic acids is 1. The first-order valence-electron chi connectivity index (χ1n) is 4.80. The van der Waals surface area contributed by atoms with Crippen LogP contribution in [0.25, 0.3) is 0 Å². The maximum absolute atomic E-state index is 11.3. The molecule has 0 aliphatic carbocycles. The lowest BCUT2D eigenvalue weighted by Gasteiger charge is -2.09. The van der Waals surface area contributed by atoms with Gasteiger partial charge in [0.1, 0.15) is 0 Å². The zero-order valence-electron chi connectivity index (χ0n) is 8.28. The van der Waals surface area contributed by atoms with Crippen LogP contribution in [0.15, 0.2) is 11.5 Å². The van der Waals surface area contributed by atoms with Gasteiger partial charge in [-0.15, -0.1) is 11.6 Å². The first-order valence-corrected chi connectivity index (χ1v) is 7.05. The van der Waals surface area contributed by atoms with Crippen LogP contribution in [-0.2, 0) is 14.6 Å². The molecule has 0 aromatic carbocycles. The summed E-state index contributed by atoms with van der Waals surface area (Å²) in [7, 11) is -3.08. The van der Waals surface area contributed by atoms with Gasteiger partial charge in [0, 0.05) is 17.7 Å². The van der Waals surface area contributed by atoms with Crippen LogP contribution >= 0.6 is 11.6 Å². The van der Waals surface area contributed by atoms with Gasteiger partial charge in [-0.25, -0.2) is 8.42 Å². The number of nitrogens with one attached hydrogen (secondary N) is 1. The summed E-state index contributed by atoms with van der Waals surface area (Å²) in [5, 5.41) is 3.79. The summed E-state index contributed by atoms with van der Waals surface area (Å²) in [6.07, 6.45) is 3.44. The molecule has 1 heterocycles. The highest BCUT2D eigenvalue weighted by Crippen LogP contribution is 2.08. The number of carbonyl (C=O) groups is 1. The van der Waals surface area contributed by atoms with Gasteiger partial charge in [-0.3, -0.25) is 4.79 Å². The Morgan fingerprint density at radius 1 is 1.47 bits per heavy atom. The van der Waals surface area contributed by atoms with Crippen molar-refractivity contribution in [1.29, 1.82) is 0 Å². The molecular formula is C9H14ClNO3S. The van der Waals surface area contributed by atoms with Crippen molar-refractivity contribution in [3.63, 3.8) is 0 Å². The first kappa shape index (κ1) is 12.5. The molecule has 4 nitrogen and oxygen atoms in total. The molecule has 0 radical (unpaired) electrons. The van der Waals surface area contributed by atoms with Gasteiger partial charge in [-0.1, -0.05) is 0 Å². The van der Waals surface area contributed by atoms with Crippen LogP contribution in [0.3, 0.4) is 0 Å². The predicted molar refractivity (Wildman–Crippen MR) is 59.4 cm³/mol. The fraction of sp³-hybridized carbons (Fsp3) is 0.667. The van der Waals surface area contributed by atoms with Gasteiger partial charge in [0.15, 0.2) is 9.84 Å². The summed E-state index contributed by atoms with van der Waals surface area (Å²) in [6.45, 7) is 0. The van der Waals surface area contributed by atoms with Crippen LogP contribution in [0.2, 0.25) is 0 Å². The SMILES string of the molecule is O=C(CCCCCl)NC1C=CS(=O)(=O)C1. The van der Waals surface area contributed by atoms with E-state index in [0.29, 0.717) is 12.3 Å². The smallest absolute Gasteiger partial charge is 0.220 e. The summed E-state index contributed by atoms with van der Waals surface area (Å²) in [6, 6.07) is -0.362. The standard InChI is InChI=1S/C9H14ClNO3S/c10-5-2-1-3-9(12)11-8-4-6-15(13,14)7-8/h4,6,8H,1-3,5,7H2,(H,11,12). The number of halogens is 1. The number of hydrogen-bond acceptors (Lipinski definition) is 3. The number of alkyl halides is 1. The molecule has 1 aliphatic heterocycles. The van der Waals surface area contributed by atoms with Crippen molar-refractivity contribution in [2.45, 2.75) is 25.3 Å². The monoisotopic (exact) mass is 251 g/mol. The second kappa shape index (κ2) is 5.51. The Morgan fingerprint density at radius 2 is 2.20 bits per heavy atom. The van der Waals surface area contributed by atoms with E-state index in [1.165, 1.54) is 6.08 Å². The van der Waals surface area contributed by atoms with Gasteiger partial charge in [-0.2, -0.15) is 0 Å². The zero-order chi connectivity index (χ0) is 11.3. The van der Waals surface area contributed by atoms with E-state index in [2.05, 4.69) is 5.32 Å². The van der Waals surface area contributed by atoms with Crippen molar-refractivity contribution >= 4 is 27.3 Å². The Kier molecular flexibility index (Phi) is 4.60. The minimum absolute atomic E-state index is 0.0196. The molecule has 0 aromatic rings. The van der Waals surface area contributed by atoms with Gasteiger partial charge < -0.3 is 5.32 Å². The Bertz CT molecular complexity index is 350. The van der Waals surface area contributed by atoms with Crippen molar-refractivity contribution in [1.82, 2.24) is 5.32 Å². The lowest BCUT2D eigenvalue weighted by molar-refractivity contribution is -0.121. The maximum atomic E-state index is 11.3. The third-order valence-corrected chi connectivity index (χ3v) is 3.73. The molecule has 1 amide bonds. The summed E-state index contributed by atoms with van der Waals surface area (Å²) in [4.78, 5) is 11.3. The summed E-state index contributed by atoms with van der Waals surface area (Å²) >= 11 is 5.47. The summed E-state index contributed by atoms with van der Waals surface area (Å²) in [5.74, 6) is 0.408. The minimum atomic E-state index is -3.08. The molecule has 0 fully saturated rings. The van der Waals surface area contributed by atoms with E-state index >= 15 is 0 Å². The van der Waals surface area contributed by atoms with Gasteiger partial charge in [-0.05, 0) is 18.9 Å². The largest absolute Gasteiger partial charge is 0.349 e. The van der Waals surface area contributed by atoms with Crippen molar-refractivity contribution < 1.29 is 13.2 Å². The molecule has 0 saturated heterocycles. The second-order valence-electron chi connectivity index (χ2n) is 3.48. The predicted octanol–water partition coefficient (Wildman–Crippen LogP) is 0.822. The van der Waals surface area contributed by atoms with Gasteiger partial charge in [0.05, 0.1) is 11.8 Å². The molecule has 1 unspecified atom stereocenters. The minimum Gasteiger partial charge on any atom is -0.349 e. The second-order valence-corrected chi connectivity index (χ2v) is 5.79. The fourth-order valence-corrected chi connectivity index (χ4v) is 2.75. The quantitative estimate of drug-likeness (QED) is 0.581. The number of unbranched alkanes of at least 4 members (excludes halogenated alkanes) is 1. The molecule has 0 saturated carbocycles. The van der Waals surface area contributed by atoms with E-state index in [4.69, 9.17) is 11.6 Å². The van der Waals surface area contributed by atoms with Gasteiger partial charge in [0.25, 0.3) is 0 Å². The lowest BCUT2D eigenvalue weighted by Crippen LogP contribution is -2.35. The van der Waals surface area contributed by atoms with E-state index in [-0.39, 0.29) is 17.7 Å². The molecule has 1 atom stereocenters. The van der Waals surface area contributed by atoms with E-state index in [1.54, 1.807) is 0 Å². The first-order chi connectivity index (χ1) is 7.03. The highest BCUT2D eigenvalue weighted by atomic mass is 35.5. The Labute approximate surface area is 94.6 Å². The van der Waals surface area contributed by atoms with Crippen molar-refractivity contribution in [3.05, 3.63) is 11.5 Å². The Balaban J connectivity index is 2.26. The summed E-state index contributed by atoms with van der Waals surface area (Å²) in [5.41, 5.74) is 0. The van der Waals surface area contributed by atoms with E-state index in [9.17, 15) is 13.2 Å². The third kappa shape index (κ3) is 4.66.